The number of nitrogens with zero attached hydrogens (tertiary/aromatic N) is 4. The van der Waals surface area contributed by atoms with Gasteiger partial charge in [-0.1, -0.05) is 18.2 Å². The van der Waals surface area contributed by atoms with Crippen molar-refractivity contribution in [2.45, 2.75) is 37.8 Å². The molecule has 0 spiro atoms. The molecule has 2 fully saturated rings. The smallest absolute Gasteiger partial charge is 0.127 e. The molecule has 3 aromatic rings. The molecule has 0 amide bonds. The number of anilines is 2. The number of halogens is 3. The number of fused-ring (bicyclic) bond motifs is 3. The Bertz CT molecular complexity index is 1260. The van der Waals surface area contributed by atoms with Gasteiger partial charge in [0.05, 0.1) is 0 Å². The third-order valence-corrected chi connectivity index (χ3v) is 8.76. The van der Waals surface area contributed by atoms with Crippen molar-refractivity contribution >= 4 is 11.4 Å². The highest BCUT2D eigenvalue weighted by Crippen LogP contribution is 2.48. The molecule has 0 radical (unpaired) electrons. The Labute approximate surface area is 229 Å². The Kier molecular flexibility index (Phi) is 7.91. The van der Waals surface area contributed by atoms with Gasteiger partial charge in [0, 0.05) is 74.7 Å². The van der Waals surface area contributed by atoms with Crippen LogP contribution in [-0.4, -0.2) is 73.1 Å². The Morgan fingerprint density at radius 1 is 0.692 bits per heavy atom. The van der Waals surface area contributed by atoms with E-state index in [0.717, 1.165) is 94.1 Å². The van der Waals surface area contributed by atoms with Crippen molar-refractivity contribution in [1.29, 1.82) is 0 Å². The number of unbranched alkanes of at least 4 members (excludes halogenated alkanes) is 1. The van der Waals surface area contributed by atoms with Crippen LogP contribution in [0.25, 0.3) is 0 Å². The van der Waals surface area contributed by atoms with E-state index in [4.69, 9.17) is 0 Å². The highest BCUT2D eigenvalue weighted by molar-refractivity contribution is 5.73. The predicted molar refractivity (Wildman–Crippen MR) is 150 cm³/mol. The summed E-state index contributed by atoms with van der Waals surface area (Å²) in [6, 6.07) is 19.1. The predicted octanol–water partition coefficient (Wildman–Crippen LogP) is 6.01. The molecule has 0 N–H and O–H groups in total. The van der Waals surface area contributed by atoms with E-state index in [1.807, 2.05) is 30.3 Å². The second-order valence-corrected chi connectivity index (χ2v) is 11.2. The second kappa shape index (κ2) is 11.7. The van der Waals surface area contributed by atoms with Crippen molar-refractivity contribution in [1.82, 2.24) is 14.7 Å². The molecule has 3 heterocycles. The van der Waals surface area contributed by atoms with Crippen molar-refractivity contribution in [2.24, 2.45) is 0 Å². The third kappa shape index (κ3) is 5.86. The number of likely N-dealkylation sites (tertiary alicyclic amines) is 1. The maximum atomic E-state index is 14.3. The van der Waals surface area contributed by atoms with Crippen molar-refractivity contribution in [3.05, 3.63) is 95.3 Å². The lowest BCUT2D eigenvalue weighted by Crippen LogP contribution is -2.46. The van der Waals surface area contributed by atoms with Gasteiger partial charge in [-0.3, -0.25) is 4.90 Å². The summed E-state index contributed by atoms with van der Waals surface area (Å²) >= 11 is 0. The average molecular weight is 535 g/mol. The molecule has 0 bridgehead atoms. The number of piperidine rings is 1. The van der Waals surface area contributed by atoms with Gasteiger partial charge >= 0.3 is 0 Å². The van der Waals surface area contributed by atoms with Crippen molar-refractivity contribution in [3.8, 4) is 0 Å². The van der Waals surface area contributed by atoms with Crippen LogP contribution in [0, 0.1) is 17.5 Å². The van der Waals surface area contributed by atoms with Crippen LogP contribution < -0.4 is 4.90 Å². The molecular formula is C32H37F3N4. The van der Waals surface area contributed by atoms with Gasteiger partial charge in [0.25, 0.3) is 0 Å². The fraction of sp³-hybridized carbons (Fsp3) is 0.438. The maximum absolute atomic E-state index is 14.3. The highest BCUT2D eigenvalue weighted by Gasteiger charge is 2.42. The van der Waals surface area contributed by atoms with Gasteiger partial charge < -0.3 is 14.7 Å². The summed E-state index contributed by atoms with van der Waals surface area (Å²) in [6.45, 7) is 8.79. The van der Waals surface area contributed by atoms with Crippen LogP contribution in [0.4, 0.5) is 24.5 Å². The van der Waals surface area contributed by atoms with E-state index in [-0.39, 0.29) is 29.4 Å². The molecule has 4 nitrogen and oxygen atoms in total. The molecule has 6 rings (SSSR count). The minimum absolute atomic E-state index is 0.113. The zero-order valence-corrected chi connectivity index (χ0v) is 22.4. The summed E-state index contributed by atoms with van der Waals surface area (Å²) in [5, 5.41) is 0. The number of piperazine rings is 1. The molecule has 2 saturated heterocycles. The van der Waals surface area contributed by atoms with Crippen LogP contribution in [0.15, 0.2) is 66.7 Å². The van der Waals surface area contributed by atoms with E-state index >= 15 is 0 Å². The summed E-state index contributed by atoms with van der Waals surface area (Å²) in [4.78, 5) is 9.70. The molecule has 3 aliphatic heterocycles. The second-order valence-electron chi connectivity index (χ2n) is 11.2. The lowest BCUT2D eigenvalue weighted by atomic mass is 9.89. The number of hydrogen-bond donors (Lipinski definition) is 0. The molecule has 0 saturated carbocycles. The topological polar surface area (TPSA) is 13.0 Å². The standard InChI is InChI=1S/C32H37F3N4/c33-25-7-10-27(11-8-25)39-31-12-9-26(34)21-28(31)29-23-37(16-13-32(29)39)15-4-3-14-36-17-19-38(20-18-36)22-24-5-1-2-6-30(24)35/h1-2,5-12,21,29,32H,3-4,13-20,22-23H2/t29-,32+/m0/s1. The van der Waals surface area contributed by atoms with Crippen molar-refractivity contribution in [2.75, 3.05) is 57.3 Å². The molecule has 0 aliphatic carbocycles. The van der Waals surface area contributed by atoms with Crippen LogP contribution in [0.3, 0.4) is 0 Å². The molecule has 0 aromatic heterocycles. The van der Waals surface area contributed by atoms with E-state index in [9.17, 15) is 13.2 Å². The zero-order chi connectivity index (χ0) is 26.8. The summed E-state index contributed by atoms with van der Waals surface area (Å²) in [5.41, 5.74) is 3.87. The summed E-state index contributed by atoms with van der Waals surface area (Å²) in [5.74, 6) is -0.303. The SMILES string of the molecule is Fc1ccc(N2c3ccc(F)cc3[C@@H]3CN(CCCCN4CCN(Cc5ccccc5F)CC4)CC[C@H]32)cc1. The molecule has 2 atom stereocenters. The van der Waals surface area contributed by atoms with Gasteiger partial charge in [-0.25, -0.2) is 13.2 Å². The minimum Gasteiger partial charge on any atom is -0.337 e. The van der Waals surface area contributed by atoms with Gasteiger partial charge in [-0.05, 0) is 86.4 Å². The largest absolute Gasteiger partial charge is 0.337 e. The van der Waals surface area contributed by atoms with Crippen LogP contribution in [0.5, 0.6) is 0 Å². The lowest BCUT2D eigenvalue weighted by molar-refractivity contribution is 0.122. The quantitative estimate of drug-likeness (QED) is 0.328. The fourth-order valence-electron chi connectivity index (χ4n) is 6.69. The summed E-state index contributed by atoms with van der Waals surface area (Å²) in [6.07, 6.45) is 3.30. The van der Waals surface area contributed by atoms with Crippen LogP contribution in [0.1, 0.15) is 36.3 Å². The van der Waals surface area contributed by atoms with Gasteiger partial charge in [-0.2, -0.15) is 0 Å². The van der Waals surface area contributed by atoms with Gasteiger partial charge in [-0.15, -0.1) is 0 Å². The van der Waals surface area contributed by atoms with E-state index in [1.54, 1.807) is 18.2 Å². The fourth-order valence-corrected chi connectivity index (χ4v) is 6.69. The number of hydrogen-bond acceptors (Lipinski definition) is 4. The Hall–Kier alpha value is -2.87. The minimum atomic E-state index is -0.243. The summed E-state index contributed by atoms with van der Waals surface area (Å²) < 4.78 is 41.8. The molecule has 3 aliphatic rings. The third-order valence-electron chi connectivity index (χ3n) is 8.76. The normalized spacial score (nSPS) is 22.2. The maximum Gasteiger partial charge on any atom is 0.127 e. The number of benzene rings is 3. The molecule has 0 unspecified atom stereocenters. The first kappa shape index (κ1) is 26.4. The van der Waals surface area contributed by atoms with Crippen molar-refractivity contribution < 1.29 is 13.2 Å². The first-order valence-electron chi connectivity index (χ1n) is 14.3. The Morgan fingerprint density at radius 3 is 2.15 bits per heavy atom. The highest BCUT2D eigenvalue weighted by atomic mass is 19.1. The molecule has 206 valence electrons. The molecule has 7 heteroatoms. The van der Waals surface area contributed by atoms with Crippen LogP contribution in [0.2, 0.25) is 0 Å². The number of rotatable bonds is 8. The molecular weight excluding hydrogens is 497 g/mol. The van der Waals surface area contributed by atoms with E-state index in [2.05, 4.69) is 19.6 Å². The zero-order valence-electron chi connectivity index (χ0n) is 22.4. The van der Waals surface area contributed by atoms with Crippen molar-refractivity contribution in [3.63, 3.8) is 0 Å². The molecule has 39 heavy (non-hydrogen) atoms. The summed E-state index contributed by atoms with van der Waals surface area (Å²) in [7, 11) is 0. The van der Waals surface area contributed by atoms with Crippen LogP contribution in [-0.2, 0) is 6.54 Å². The average Bonchev–Trinajstić information content (AvgIpc) is 3.26. The van der Waals surface area contributed by atoms with Gasteiger partial charge in [0.15, 0.2) is 0 Å². The Morgan fingerprint density at radius 2 is 1.38 bits per heavy atom. The molecule has 3 aromatic carbocycles. The first-order chi connectivity index (χ1) is 19.0. The van der Waals surface area contributed by atoms with Gasteiger partial charge in [0.1, 0.15) is 17.5 Å². The van der Waals surface area contributed by atoms with Gasteiger partial charge in [0.2, 0.25) is 0 Å². The van der Waals surface area contributed by atoms with E-state index in [0.29, 0.717) is 6.54 Å². The van der Waals surface area contributed by atoms with Crippen LogP contribution >= 0.6 is 0 Å². The lowest BCUT2D eigenvalue weighted by Gasteiger charge is -2.39. The van der Waals surface area contributed by atoms with E-state index in [1.165, 1.54) is 18.2 Å². The Balaban J connectivity index is 0.983. The first-order valence-corrected chi connectivity index (χ1v) is 14.3. The van der Waals surface area contributed by atoms with E-state index < -0.39 is 0 Å². The monoisotopic (exact) mass is 534 g/mol.